The summed E-state index contributed by atoms with van der Waals surface area (Å²) in [5, 5.41) is 5.75. The zero-order valence-corrected chi connectivity index (χ0v) is 19.4. The standard InChI is InChI=1S/C25H30N4O2S/c1-18-21-16-22(32-25(21)29(26-18)17-19-8-4-2-5-9-19)24(31)28-14-10-20(11-15-28)23(30)27-12-6-3-7-13-27/h2,4-5,8-9,16,20H,3,6-7,10-15,17H2,1H3. The van der Waals surface area contributed by atoms with E-state index < -0.39 is 0 Å². The maximum absolute atomic E-state index is 13.2. The number of amides is 2. The van der Waals surface area contributed by atoms with Crippen molar-refractivity contribution in [2.75, 3.05) is 26.2 Å². The lowest BCUT2D eigenvalue weighted by Crippen LogP contribution is -2.45. The van der Waals surface area contributed by atoms with Gasteiger partial charge in [0.2, 0.25) is 5.91 Å². The van der Waals surface area contributed by atoms with Gasteiger partial charge in [0.1, 0.15) is 4.83 Å². The van der Waals surface area contributed by atoms with Crippen molar-refractivity contribution in [1.29, 1.82) is 0 Å². The van der Waals surface area contributed by atoms with Gasteiger partial charge in [-0.25, -0.2) is 0 Å². The van der Waals surface area contributed by atoms with Crippen molar-refractivity contribution in [2.45, 2.75) is 45.6 Å². The van der Waals surface area contributed by atoms with Crippen molar-refractivity contribution in [3.8, 4) is 0 Å². The van der Waals surface area contributed by atoms with Gasteiger partial charge in [-0.15, -0.1) is 11.3 Å². The average molecular weight is 451 g/mol. The summed E-state index contributed by atoms with van der Waals surface area (Å²) in [6.45, 7) is 5.82. The third-order valence-corrected chi connectivity index (χ3v) is 7.93. The molecule has 6 nitrogen and oxygen atoms in total. The van der Waals surface area contributed by atoms with Crippen LogP contribution in [0.15, 0.2) is 36.4 Å². The number of likely N-dealkylation sites (tertiary alicyclic amines) is 2. The number of carbonyl (C=O) groups is 2. The van der Waals surface area contributed by atoms with E-state index in [1.54, 1.807) is 0 Å². The number of hydrogen-bond donors (Lipinski definition) is 0. The number of hydrogen-bond acceptors (Lipinski definition) is 4. The number of aryl methyl sites for hydroxylation is 1. The fraction of sp³-hybridized carbons (Fsp3) is 0.480. The molecule has 168 valence electrons. The molecule has 0 spiro atoms. The van der Waals surface area contributed by atoms with E-state index in [9.17, 15) is 9.59 Å². The van der Waals surface area contributed by atoms with Gasteiger partial charge in [0.25, 0.3) is 5.91 Å². The van der Waals surface area contributed by atoms with Crippen LogP contribution in [-0.2, 0) is 11.3 Å². The molecule has 0 saturated carbocycles. The fourth-order valence-electron chi connectivity index (χ4n) is 4.94. The summed E-state index contributed by atoms with van der Waals surface area (Å²) in [5.41, 5.74) is 2.15. The zero-order chi connectivity index (χ0) is 22.1. The maximum atomic E-state index is 13.2. The molecule has 32 heavy (non-hydrogen) atoms. The van der Waals surface area contributed by atoms with E-state index in [4.69, 9.17) is 5.10 Å². The van der Waals surface area contributed by atoms with Crippen LogP contribution in [-0.4, -0.2) is 57.6 Å². The smallest absolute Gasteiger partial charge is 0.264 e. The number of fused-ring (bicyclic) bond motifs is 1. The van der Waals surface area contributed by atoms with Crippen molar-refractivity contribution in [2.24, 2.45) is 5.92 Å². The molecule has 2 aromatic heterocycles. The van der Waals surface area contributed by atoms with Crippen molar-refractivity contribution in [1.82, 2.24) is 19.6 Å². The van der Waals surface area contributed by atoms with E-state index in [2.05, 4.69) is 12.1 Å². The van der Waals surface area contributed by atoms with Crippen LogP contribution in [0.4, 0.5) is 0 Å². The Balaban J connectivity index is 1.26. The van der Waals surface area contributed by atoms with Gasteiger partial charge >= 0.3 is 0 Å². The lowest BCUT2D eigenvalue weighted by molar-refractivity contribution is -0.137. The highest BCUT2D eigenvalue weighted by molar-refractivity contribution is 7.20. The lowest BCUT2D eigenvalue weighted by Gasteiger charge is -2.35. The first kappa shape index (κ1) is 21.2. The Kier molecular flexibility index (Phi) is 6.00. The molecule has 0 unspecified atom stereocenters. The third kappa shape index (κ3) is 4.18. The van der Waals surface area contributed by atoms with Gasteiger partial charge < -0.3 is 9.80 Å². The summed E-state index contributed by atoms with van der Waals surface area (Å²) in [4.78, 5) is 31.8. The Hall–Kier alpha value is -2.67. The zero-order valence-electron chi connectivity index (χ0n) is 18.6. The highest BCUT2D eigenvalue weighted by Gasteiger charge is 2.31. The van der Waals surface area contributed by atoms with Crippen LogP contribution in [0, 0.1) is 12.8 Å². The van der Waals surface area contributed by atoms with Crippen molar-refractivity contribution >= 4 is 33.4 Å². The van der Waals surface area contributed by atoms with Crippen molar-refractivity contribution in [3.63, 3.8) is 0 Å². The van der Waals surface area contributed by atoms with Crippen LogP contribution in [0.3, 0.4) is 0 Å². The van der Waals surface area contributed by atoms with Gasteiger partial charge in [0, 0.05) is 37.5 Å². The SMILES string of the molecule is Cc1nn(Cc2ccccc2)c2sc(C(=O)N3CCC(C(=O)N4CCCCC4)CC3)cc12. The normalized spacial score (nSPS) is 17.8. The Morgan fingerprint density at radius 3 is 2.44 bits per heavy atom. The molecular formula is C25H30N4O2S. The molecule has 0 N–H and O–H groups in total. The highest BCUT2D eigenvalue weighted by atomic mass is 32.1. The highest BCUT2D eigenvalue weighted by Crippen LogP contribution is 2.31. The lowest BCUT2D eigenvalue weighted by atomic mass is 9.94. The van der Waals surface area contributed by atoms with Crippen LogP contribution in [0.25, 0.3) is 10.2 Å². The summed E-state index contributed by atoms with van der Waals surface area (Å²) in [6.07, 6.45) is 5.01. The maximum Gasteiger partial charge on any atom is 0.264 e. The molecule has 1 aromatic carbocycles. The monoisotopic (exact) mass is 450 g/mol. The minimum absolute atomic E-state index is 0.0706. The molecule has 2 fully saturated rings. The summed E-state index contributed by atoms with van der Waals surface area (Å²) in [7, 11) is 0. The topological polar surface area (TPSA) is 58.4 Å². The Morgan fingerprint density at radius 1 is 1.00 bits per heavy atom. The minimum atomic E-state index is 0.0706. The molecule has 2 saturated heterocycles. The first-order chi connectivity index (χ1) is 15.6. The van der Waals surface area contributed by atoms with Crippen LogP contribution >= 0.6 is 11.3 Å². The molecule has 4 heterocycles. The second-order valence-electron chi connectivity index (χ2n) is 9.01. The van der Waals surface area contributed by atoms with E-state index in [0.717, 1.165) is 59.6 Å². The van der Waals surface area contributed by atoms with Gasteiger partial charge in [0.15, 0.2) is 0 Å². The summed E-state index contributed by atoms with van der Waals surface area (Å²) >= 11 is 1.53. The van der Waals surface area contributed by atoms with Crippen LogP contribution in [0.5, 0.6) is 0 Å². The average Bonchev–Trinajstić information content (AvgIpc) is 3.40. The second-order valence-corrected chi connectivity index (χ2v) is 10.0. The summed E-state index contributed by atoms with van der Waals surface area (Å²) in [5.74, 6) is 0.456. The van der Waals surface area contributed by atoms with Crippen LogP contribution in [0.2, 0.25) is 0 Å². The van der Waals surface area contributed by atoms with Gasteiger partial charge in [-0.1, -0.05) is 30.3 Å². The van der Waals surface area contributed by atoms with Crippen LogP contribution < -0.4 is 0 Å². The molecule has 2 aliphatic rings. The molecule has 0 bridgehead atoms. The third-order valence-electron chi connectivity index (χ3n) is 6.79. The van der Waals surface area contributed by atoms with E-state index in [1.807, 2.05) is 45.7 Å². The fourth-order valence-corrected chi connectivity index (χ4v) is 6.07. The minimum Gasteiger partial charge on any atom is -0.342 e. The molecule has 2 amide bonds. The van der Waals surface area contributed by atoms with Gasteiger partial charge in [-0.3, -0.25) is 14.3 Å². The first-order valence-electron chi connectivity index (χ1n) is 11.7. The Bertz CT molecular complexity index is 1110. The van der Waals surface area contributed by atoms with Crippen molar-refractivity contribution in [3.05, 3.63) is 52.5 Å². The number of carbonyl (C=O) groups excluding carboxylic acids is 2. The quantitative estimate of drug-likeness (QED) is 0.595. The molecule has 5 rings (SSSR count). The largest absolute Gasteiger partial charge is 0.342 e. The Morgan fingerprint density at radius 2 is 1.72 bits per heavy atom. The number of piperidine rings is 2. The molecule has 0 radical (unpaired) electrons. The first-order valence-corrected chi connectivity index (χ1v) is 12.5. The van der Waals surface area contributed by atoms with Crippen molar-refractivity contribution < 1.29 is 9.59 Å². The van der Waals surface area contributed by atoms with Crippen LogP contribution in [0.1, 0.15) is 53.0 Å². The van der Waals surface area contributed by atoms with E-state index in [1.165, 1.54) is 23.3 Å². The van der Waals surface area contributed by atoms with E-state index in [-0.39, 0.29) is 11.8 Å². The number of rotatable bonds is 4. The predicted molar refractivity (Wildman–Crippen MR) is 127 cm³/mol. The molecule has 3 aromatic rings. The van der Waals surface area contributed by atoms with Gasteiger partial charge in [-0.2, -0.15) is 5.10 Å². The molecule has 0 atom stereocenters. The van der Waals surface area contributed by atoms with Gasteiger partial charge in [-0.05, 0) is 50.7 Å². The number of thiophene rings is 1. The summed E-state index contributed by atoms with van der Waals surface area (Å²) < 4.78 is 2.00. The number of benzene rings is 1. The summed E-state index contributed by atoms with van der Waals surface area (Å²) in [6, 6.07) is 12.3. The van der Waals surface area contributed by atoms with E-state index >= 15 is 0 Å². The second kappa shape index (κ2) is 9.06. The van der Waals surface area contributed by atoms with Gasteiger partial charge in [0.05, 0.1) is 17.1 Å². The predicted octanol–water partition coefficient (Wildman–Crippen LogP) is 4.32. The molecule has 2 aliphatic heterocycles. The molecule has 0 aliphatic carbocycles. The number of aromatic nitrogens is 2. The Labute approximate surface area is 192 Å². The number of nitrogens with zero attached hydrogens (tertiary/aromatic N) is 4. The van der Waals surface area contributed by atoms with E-state index in [0.29, 0.717) is 25.5 Å². The molecular weight excluding hydrogens is 420 g/mol. The molecule has 7 heteroatoms.